The smallest absolute Gasteiger partial charge is 0.408 e. The zero-order valence-corrected chi connectivity index (χ0v) is 18.0. The molecule has 0 unspecified atom stereocenters. The standard InChI is InChI=1S/C24H24N6O3/c1-16-20(19-9-5-6-10-21(19)28-16)13-27-30-23(31)22(11-18-12-25-15-26-18)29-24(32)33-14-17-7-3-2-4-8-17/h2-10,12-13,15,22,28H,11,14H2,1H3,(H,25,26)(H,29,32)(H,30,31)/b27-13-/t22-/m0/s1. The summed E-state index contributed by atoms with van der Waals surface area (Å²) in [5, 5.41) is 7.73. The van der Waals surface area contributed by atoms with Crippen molar-refractivity contribution in [2.45, 2.75) is 26.0 Å². The van der Waals surface area contributed by atoms with Gasteiger partial charge in [-0.3, -0.25) is 4.79 Å². The van der Waals surface area contributed by atoms with Crippen LogP contribution in [-0.2, 0) is 22.6 Å². The lowest BCUT2D eigenvalue weighted by Crippen LogP contribution is -2.47. The molecule has 0 saturated heterocycles. The van der Waals surface area contributed by atoms with Gasteiger partial charge in [-0.1, -0.05) is 48.5 Å². The maximum absolute atomic E-state index is 12.8. The van der Waals surface area contributed by atoms with Gasteiger partial charge >= 0.3 is 6.09 Å². The number of aryl methyl sites for hydroxylation is 1. The number of fused-ring (bicyclic) bond motifs is 1. The van der Waals surface area contributed by atoms with Crippen molar-refractivity contribution in [3.05, 3.63) is 89.6 Å². The average Bonchev–Trinajstić information content (AvgIpc) is 3.45. The monoisotopic (exact) mass is 444 g/mol. The topological polar surface area (TPSA) is 124 Å². The van der Waals surface area contributed by atoms with Crippen molar-refractivity contribution >= 4 is 29.1 Å². The van der Waals surface area contributed by atoms with Crippen molar-refractivity contribution < 1.29 is 14.3 Å². The van der Waals surface area contributed by atoms with Gasteiger partial charge in [0.05, 0.1) is 12.5 Å². The molecule has 0 aliphatic rings. The molecule has 1 atom stereocenters. The van der Waals surface area contributed by atoms with Crippen LogP contribution in [0, 0.1) is 6.92 Å². The first kappa shape index (κ1) is 21.8. The van der Waals surface area contributed by atoms with Crippen LogP contribution in [0.2, 0.25) is 0 Å². The summed E-state index contributed by atoms with van der Waals surface area (Å²) >= 11 is 0. The molecule has 4 rings (SSSR count). The summed E-state index contributed by atoms with van der Waals surface area (Å²) in [7, 11) is 0. The number of H-pyrrole nitrogens is 2. The molecule has 0 saturated carbocycles. The molecule has 0 spiro atoms. The number of aromatic amines is 2. The summed E-state index contributed by atoms with van der Waals surface area (Å²) in [6, 6.07) is 16.2. The number of alkyl carbamates (subject to hydrolysis) is 1. The number of hydrogen-bond acceptors (Lipinski definition) is 5. The number of hydrogen-bond donors (Lipinski definition) is 4. The molecule has 9 nitrogen and oxygen atoms in total. The Hall–Kier alpha value is -4.40. The van der Waals surface area contributed by atoms with Crippen LogP contribution in [-0.4, -0.2) is 39.2 Å². The van der Waals surface area contributed by atoms with E-state index in [1.807, 2.05) is 61.5 Å². The minimum Gasteiger partial charge on any atom is -0.445 e. The predicted molar refractivity (Wildman–Crippen MR) is 125 cm³/mol. The van der Waals surface area contributed by atoms with Crippen LogP contribution in [0.25, 0.3) is 10.9 Å². The van der Waals surface area contributed by atoms with Gasteiger partial charge in [0.15, 0.2) is 0 Å². The van der Waals surface area contributed by atoms with Gasteiger partial charge in [-0.05, 0) is 18.6 Å². The number of amides is 2. The summed E-state index contributed by atoms with van der Waals surface area (Å²) in [5.41, 5.74) is 6.86. The Kier molecular flexibility index (Phi) is 6.79. The first-order valence-electron chi connectivity index (χ1n) is 10.4. The van der Waals surface area contributed by atoms with E-state index in [9.17, 15) is 9.59 Å². The zero-order valence-electron chi connectivity index (χ0n) is 18.0. The normalized spacial score (nSPS) is 12.0. The molecule has 0 aliphatic carbocycles. The number of para-hydroxylation sites is 1. The van der Waals surface area contributed by atoms with Gasteiger partial charge in [-0.25, -0.2) is 15.2 Å². The van der Waals surface area contributed by atoms with Crippen molar-refractivity contribution in [1.29, 1.82) is 0 Å². The third-order valence-corrected chi connectivity index (χ3v) is 5.11. The Labute approximate surface area is 190 Å². The van der Waals surface area contributed by atoms with Crippen LogP contribution < -0.4 is 10.7 Å². The molecule has 2 aromatic heterocycles. The molecule has 0 radical (unpaired) electrons. The van der Waals surface area contributed by atoms with Gasteiger partial charge in [-0.2, -0.15) is 5.10 Å². The lowest BCUT2D eigenvalue weighted by Gasteiger charge is -2.16. The summed E-state index contributed by atoms with van der Waals surface area (Å²) in [4.78, 5) is 35.3. The number of hydrazone groups is 1. The van der Waals surface area contributed by atoms with Gasteiger partial charge in [-0.15, -0.1) is 0 Å². The van der Waals surface area contributed by atoms with E-state index in [2.05, 4.69) is 30.8 Å². The fourth-order valence-electron chi connectivity index (χ4n) is 3.44. The maximum atomic E-state index is 12.8. The van der Waals surface area contributed by atoms with Crippen LogP contribution in [0.1, 0.15) is 22.5 Å². The largest absolute Gasteiger partial charge is 0.445 e. The second kappa shape index (κ2) is 10.3. The Morgan fingerprint density at radius 3 is 2.73 bits per heavy atom. The quantitative estimate of drug-likeness (QED) is 0.246. The van der Waals surface area contributed by atoms with Crippen LogP contribution in [0.3, 0.4) is 0 Å². The van der Waals surface area contributed by atoms with Gasteiger partial charge in [0.2, 0.25) is 0 Å². The highest BCUT2D eigenvalue weighted by Crippen LogP contribution is 2.19. The molecule has 0 bridgehead atoms. The summed E-state index contributed by atoms with van der Waals surface area (Å²) < 4.78 is 5.26. The van der Waals surface area contributed by atoms with E-state index in [4.69, 9.17) is 4.74 Å². The minimum absolute atomic E-state index is 0.100. The molecule has 0 aliphatic heterocycles. The number of rotatable bonds is 8. The number of imidazole rings is 1. The zero-order chi connectivity index (χ0) is 23.0. The van der Waals surface area contributed by atoms with Gasteiger partial charge in [0, 0.05) is 40.5 Å². The van der Waals surface area contributed by atoms with E-state index in [0.29, 0.717) is 5.69 Å². The van der Waals surface area contributed by atoms with Crippen LogP contribution in [0.4, 0.5) is 4.79 Å². The van der Waals surface area contributed by atoms with E-state index < -0.39 is 18.0 Å². The second-order valence-electron chi connectivity index (χ2n) is 7.48. The first-order valence-corrected chi connectivity index (χ1v) is 10.4. The van der Waals surface area contributed by atoms with E-state index >= 15 is 0 Å². The summed E-state index contributed by atoms with van der Waals surface area (Å²) in [5.74, 6) is -0.477. The second-order valence-corrected chi connectivity index (χ2v) is 7.48. The first-order chi connectivity index (χ1) is 16.1. The molecule has 33 heavy (non-hydrogen) atoms. The Balaban J connectivity index is 1.41. The van der Waals surface area contributed by atoms with Crippen molar-refractivity contribution in [3.8, 4) is 0 Å². The van der Waals surface area contributed by atoms with Crippen molar-refractivity contribution in [1.82, 2.24) is 25.7 Å². The van der Waals surface area contributed by atoms with E-state index in [0.717, 1.165) is 27.7 Å². The molecular formula is C24H24N6O3. The van der Waals surface area contributed by atoms with E-state index in [1.54, 1.807) is 12.4 Å². The Morgan fingerprint density at radius 2 is 1.94 bits per heavy atom. The molecule has 9 heteroatoms. The summed E-state index contributed by atoms with van der Waals surface area (Å²) in [6.07, 6.45) is 4.20. The van der Waals surface area contributed by atoms with Gasteiger partial charge < -0.3 is 20.0 Å². The number of ether oxygens (including phenoxy) is 1. The molecule has 4 aromatic rings. The fourth-order valence-corrected chi connectivity index (χ4v) is 3.44. The molecule has 2 aromatic carbocycles. The highest BCUT2D eigenvalue weighted by Gasteiger charge is 2.22. The molecule has 168 valence electrons. The Bertz CT molecular complexity index is 1250. The Morgan fingerprint density at radius 1 is 1.15 bits per heavy atom. The number of carbonyl (C=O) groups excluding carboxylic acids is 2. The molecule has 2 amide bonds. The predicted octanol–water partition coefficient (Wildman–Crippen LogP) is 3.19. The summed E-state index contributed by atoms with van der Waals surface area (Å²) in [6.45, 7) is 2.04. The highest BCUT2D eigenvalue weighted by atomic mass is 16.5. The number of nitrogens with one attached hydrogen (secondary N) is 4. The molecule has 2 heterocycles. The third kappa shape index (κ3) is 5.65. The third-order valence-electron chi connectivity index (χ3n) is 5.11. The van der Waals surface area contributed by atoms with Gasteiger partial charge in [0.1, 0.15) is 12.6 Å². The molecule has 4 N–H and O–H groups in total. The highest BCUT2D eigenvalue weighted by molar-refractivity contribution is 6.01. The maximum Gasteiger partial charge on any atom is 0.408 e. The number of nitrogens with zero attached hydrogens (tertiary/aromatic N) is 2. The van der Waals surface area contributed by atoms with Crippen molar-refractivity contribution in [3.63, 3.8) is 0 Å². The molecular weight excluding hydrogens is 420 g/mol. The number of aromatic nitrogens is 3. The van der Waals surface area contributed by atoms with E-state index in [1.165, 1.54) is 6.33 Å². The SMILES string of the molecule is Cc1[nH]c2ccccc2c1/C=N\NC(=O)[C@H](Cc1cnc[nH]1)NC(=O)OCc1ccccc1. The lowest BCUT2D eigenvalue weighted by atomic mass is 10.1. The average molecular weight is 444 g/mol. The van der Waals surface area contributed by atoms with Crippen LogP contribution in [0.15, 0.2) is 72.2 Å². The van der Waals surface area contributed by atoms with Crippen molar-refractivity contribution in [2.24, 2.45) is 5.10 Å². The van der Waals surface area contributed by atoms with Crippen molar-refractivity contribution in [2.75, 3.05) is 0 Å². The lowest BCUT2D eigenvalue weighted by molar-refractivity contribution is -0.123. The molecule has 0 fully saturated rings. The number of carbonyl (C=O) groups is 2. The van der Waals surface area contributed by atoms with Crippen LogP contribution >= 0.6 is 0 Å². The van der Waals surface area contributed by atoms with E-state index in [-0.39, 0.29) is 13.0 Å². The number of benzene rings is 2. The fraction of sp³-hybridized carbons (Fsp3) is 0.167. The minimum atomic E-state index is -0.907. The van der Waals surface area contributed by atoms with Gasteiger partial charge in [0.25, 0.3) is 5.91 Å². The van der Waals surface area contributed by atoms with Crippen LogP contribution in [0.5, 0.6) is 0 Å².